The van der Waals surface area contributed by atoms with Gasteiger partial charge in [0.05, 0.1) is 6.54 Å². The van der Waals surface area contributed by atoms with Gasteiger partial charge in [0, 0.05) is 6.07 Å². The molecule has 0 aromatic carbocycles. The Balaban J connectivity index is 3.29. The zero-order chi connectivity index (χ0) is 13.2. The molecule has 0 aliphatic carbocycles. The fourth-order valence-electron chi connectivity index (χ4n) is 0.967. The largest absolute Gasteiger partial charge is 0.573 e. The highest BCUT2D eigenvalue weighted by Crippen LogP contribution is 2.33. The number of rotatable bonds is 3. The third-order valence-electron chi connectivity index (χ3n) is 1.57. The summed E-state index contributed by atoms with van der Waals surface area (Å²) < 4.78 is 39.5. The van der Waals surface area contributed by atoms with Gasteiger partial charge in [0.1, 0.15) is 0 Å². The van der Waals surface area contributed by atoms with Crippen LogP contribution in [0.4, 0.5) is 19.0 Å². The second kappa shape index (κ2) is 5.00. The molecule has 0 unspecified atom stereocenters. The van der Waals surface area contributed by atoms with Crippen LogP contribution in [0, 0.1) is 13.7 Å². The molecule has 0 aliphatic rings. The van der Waals surface area contributed by atoms with Crippen molar-refractivity contribution < 1.29 is 22.8 Å². The average Bonchev–Trinajstić information content (AvgIpc) is 2.18. The van der Waals surface area contributed by atoms with E-state index in [1.807, 2.05) is 0 Å². The van der Waals surface area contributed by atoms with E-state index in [0.717, 1.165) is 6.07 Å². The minimum Gasteiger partial charge on any atom is -0.404 e. The summed E-state index contributed by atoms with van der Waals surface area (Å²) in [7, 11) is 0. The molecule has 10 heteroatoms. The van der Waals surface area contributed by atoms with Gasteiger partial charge in [-0.1, -0.05) is 0 Å². The van der Waals surface area contributed by atoms with Crippen molar-refractivity contribution in [2.45, 2.75) is 12.9 Å². The van der Waals surface area contributed by atoms with Crippen LogP contribution in [-0.4, -0.2) is 16.3 Å². The van der Waals surface area contributed by atoms with Crippen LogP contribution >= 0.6 is 22.6 Å². The summed E-state index contributed by atoms with van der Waals surface area (Å²) in [5.74, 6) is -1.40. The molecule has 1 aromatic rings. The third kappa shape index (κ3) is 3.66. The highest BCUT2D eigenvalue weighted by molar-refractivity contribution is 14.1. The van der Waals surface area contributed by atoms with Crippen molar-refractivity contribution in [1.82, 2.24) is 4.98 Å². The Labute approximate surface area is 106 Å². The Morgan fingerprint density at radius 2 is 2.18 bits per heavy atom. The molecule has 0 atom stereocenters. The normalized spacial score (nSPS) is 11.4. The molecule has 2 N–H and O–H groups in total. The number of hydrogen-bond donors (Lipinski definition) is 1. The van der Waals surface area contributed by atoms with Gasteiger partial charge in [0.15, 0.2) is 15.0 Å². The molecule has 0 bridgehead atoms. The number of nitro groups is 1. The Hall–Kier alpha value is -1.17. The van der Waals surface area contributed by atoms with Crippen molar-refractivity contribution in [2.75, 3.05) is 0 Å². The first-order chi connectivity index (χ1) is 7.74. The van der Waals surface area contributed by atoms with Crippen LogP contribution < -0.4 is 10.5 Å². The van der Waals surface area contributed by atoms with Crippen molar-refractivity contribution in [3.05, 3.63) is 25.4 Å². The first-order valence-corrected chi connectivity index (χ1v) is 5.12. The Morgan fingerprint density at radius 1 is 1.59 bits per heavy atom. The first-order valence-electron chi connectivity index (χ1n) is 4.04. The Morgan fingerprint density at radius 3 is 2.59 bits per heavy atom. The Bertz CT molecular complexity index is 452. The number of ether oxygens (including phenoxy) is 1. The molecule has 1 aromatic heterocycles. The van der Waals surface area contributed by atoms with Gasteiger partial charge in [0.25, 0.3) is 0 Å². The molecular weight excluding hydrogens is 358 g/mol. The molecular formula is C7H5F3IN3O3. The molecule has 6 nitrogen and oxygen atoms in total. The van der Waals surface area contributed by atoms with Gasteiger partial charge in [-0.25, -0.2) is 0 Å². The molecule has 1 heterocycles. The van der Waals surface area contributed by atoms with Crippen molar-refractivity contribution in [2.24, 2.45) is 5.73 Å². The van der Waals surface area contributed by atoms with Gasteiger partial charge < -0.3 is 20.6 Å². The zero-order valence-corrected chi connectivity index (χ0v) is 10.2. The number of alkyl halides is 3. The van der Waals surface area contributed by atoms with Gasteiger partial charge in [-0.3, -0.25) is 0 Å². The highest BCUT2D eigenvalue weighted by Gasteiger charge is 2.34. The smallest absolute Gasteiger partial charge is 0.404 e. The molecule has 0 saturated carbocycles. The second-order valence-electron chi connectivity index (χ2n) is 2.76. The van der Waals surface area contributed by atoms with E-state index in [1.54, 1.807) is 0 Å². The number of pyridine rings is 1. The van der Waals surface area contributed by atoms with Crippen LogP contribution in [0.5, 0.6) is 5.75 Å². The van der Waals surface area contributed by atoms with E-state index in [1.165, 1.54) is 22.6 Å². The maximum atomic E-state index is 12.0. The Kier molecular flexibility index (Phi) is 4.08. The SMILES string of the molecule is NCc1cc(OC(F)(F)F)c(I)c([N+](=O)[O-])n1. The number of hydrogen-bond acceptors (Lipinski definition) is 5. The second-order valence-corrected chi connectivity index (χ2v) is 3.84. The van der Waals surface area contributed by atoms with Gasteiger partial charge >= 0.3 is 12.2 Å². The number of aromatic nitrogens is 1. The highest BCUT2D eigenvalue weighted by atomic mass is 127. The van der Waals surface area contributed by atoms with Crippen LogP contribution in [0.25, 0.3) is 0 Å². The predicted octanol–water partition coefficient (Wildman–Crippen LogP) is 1.95. The average molecular weight is 363 g/mol. The first kappa shape index (κ1) is 13.9. The lowest BCUT2D eigenvalue weighted by molar-refractivity contribution is -0.390. The predicted molar refractivity (Wildman–Crippen MR) is 58.2 cm³/mol. The van der Waals surface area contributed by atoms with E-state index >= 15 is 0 Å². The third-order valence-corrected chi connectivity index (χ3v) is 2.58. The topological polar surface area (TPSA) is 91.3 Å². The zero-order valence-electron chi connectivity index (χ0n) is 7.99. The summed E-state index contributed by atoms with van der Waals surface area (Å²) in [6.07, 6.45) is -4.93. The molecule has 17 heavy (non-hydrogen) atoms. The van der Waals surface area contributed by atoms with Crippen LogP contribution in [0.1, 0.15) is 5.69 Å². The molecule has 0 spiro atoms. The summed E-state index contributed by atoms with van der Waals surface area (Å²) in [4.78, 5) is 13.2. The number of nitrogens with two attached hydrogens (primary N) is 1. The molecule has 0 radical (unpaired) electrons. The van der Waals surface area contributed by atoms with Crippen molar-refractivity contribution in [3.8, 4) is 5.75 Å². The monoisotopic (exact) mass is 363 g/mol. The summed E-state index contributed by atoms with van der Waals surface area (Å²) in [6.45, 7) is -0.230. The molecule has 0 fully saturated rings. The molecule has 0 saturated heterocycles. The fourth-order valence-corrected chi connectivity index (χ4v) is 1.55. The van der Waals surface area contributed by atoms with Crippen LogP contribution in [0.2, 0.25) is 0 Å². The lowest BCUT2D eigenvalue weighted by Gasteiger charge is -2.10. The lowest BCUT2D eigenvalue weighted by atomic mass is 10.3. The minimum absolute atomic E-state index is 0.0589. The quantitative estimate of drug-likeness (QED) is 0.504. The van der Waals surface area contributed by atoms with Crippen LogP contribution in [0.3, 0.4) is 0 Å². The summed E-state index contributed by atoms with van der Waals surface area (Å²) in [5, 5.41) is 10.6. The van der Waals surface area contributed by atoms with E-state index in [2.05, 4.69) is 9.72 Å². The molecule has 0 aliphatic heterocycles. The maximum absolute atomic E-state index is 12.0. The molecule has 0 amide bonds. The summed E-state index contributed by atoms with van der Waals surface area (Å²) >= 11 is 1.36. The van der Waals surface area contributed by atoms with Crippen molar-refractivity contribution in [3.63, 3.8) is 0 Å². The fraction of sp³-hybridized carbons (Fsp3) is 0.286. The maximum Gasteiger partial charge on any atom is 0.573 e. The van der Waals surface area contributed by atoms with E-state index in [9.17, 15) is 23.3 Å². The lowest BCUT2D eigenvalue weighted by Crippen LogP contribution is -2.19. The van der Waals surface area contributed by atoms with E-state index in [-0.39, 0.29) is 15.8 Å². The van der Waals surface area contributed by atoms with Crippen LogP contribution in [0.15, 0.2) is 6.07 Å². The van der Waals surface area contributed by atoms with Gasteiger partial charge in [-0.05, 0) is 32.5 Å². The molecule has 1 rings (SSSR count). The van der Waals surface area contributed by atoms with E-state index in [4.69, 9.17) is 5.73 Å². The minimum atomic E-state index is -4.93. The van der Waals surface area contributed by atoms with Gasteiger partial charge in [-0.2, -0.15) is 0 Å². The van der Waals surface area contributed by atoms with E-state index in [0.29, 0.717) is 0 Å². The van der Waals surface area contributed by atoms with Crippen molar-refractivity contribution in [1.29, 1.82) is 0 Å². The summed E-state index contributed by atoms with van der Waals surface area (Å²) in [5.41, 5.74) is 5.12. The van der Waals surface area contributed by atoms with E-state index < -0.39 is 22.9 Å². The number of halogens is 4. The molecule has 94 valence electrons. The van der Waals surface area contributed by atoms with Crippen LogP contribution in [-0.2, 0) is 6.54 Å². The van der Waals surface area contributed by atoms with Gasteiger partial charge in [-0.15, -0.1) is 13.2 Å². The summed E-state index contributed by atoms with van der Waals surface area (Å²) in [6, 6.07) is 0.919. The van der Waals surface area contributed by atoms with Gasteiger partial charge in [0.2, 0.25) is 0 Å². The number of nitrogens with zero attached hydrogens (tertiary/aromatic N) is 2. The standard InChI is InChI=1S/C7H5F3IN3O3/c8-7(9,10)17-4-1-3(2-12)13-6(5(4)11)14(15)16/h1H,2,12H2. The van der Waals surface area contributed by atoms with Crippen molar-refractivity contribution >= 4 is 28.4 Å².